The van der Waals surface area contributed by atoms with Crippen LogP contribution < -0.4 is 0 Å². The van der Waals surface area contributed by atoms with Crippen LogP contribution in [0.5, 0.6) is 0 Å². The van der Waals surface area contributed by atoms with E-state index in [1.807, 2.05) is 0 Å². The van der Waals surface area contributed by atoms with Crippen molar-refractivity contribution < 1.29 is 0 Å². The van der Waals surface area contributed by atoms with Crippen LogP contribution in [-0.2, 0) is 0 Å². The van der Waals surface area contributed by atoms with Crippen LogP contribution in [0.3, 0.4) is 0 Å². The molecule has 0 aromatic carbocycles. The third kappa shape index (κ3) is 3.32. The van der Waals surface area contributed by atoms with Crippen molar-refractivity contribution in [3.63, 3.8) is 0 Å². The number of hydrogen-bond donors (Lipinski definition) is 0. The summed E-state index contributed by atoms with van der Waals surface area (Å²) in [7, 11) is 0. The Balaban J connectivity index is 2.22. The molecule has 77 valence electrons. The van der Waals surface area contributed by atoms with Crippen LogP contribution >= 0.6 is 0 Å². The van der Waals surface area contributed by atoms with Crippen LogP contribution in [0.15, 0.2) is 0 Å². The zero-order valence-corrected chi connectivity index (χ0v) is 9.60. The Bertz CT molecular complexity index is 129. The fraction of sp³-hybridized carbons (Fsp3) is 0.923. The van der Waals surface area contributed by atoms with Gasteiger partial charge >= 0.3 is 0 Å². The lowest BCUT2D eigenvalue weighted by Crippen LogP contribution is -2.24. The van der Waals surface area contributed by atoms with Gasteiger partial charge in [-0.25, -0.2) is 0 Å². The van der Waals surface area contributed by atoms with E-state index >= 15 is 0 Å². The zero-order valence-electron chi connectivity index (χ0n) is 9.60. The Kier molecular flexibility index (Phi) is 4.28. The van der Waals surface area contributed by atoms with Crippen LogP contribution in [0.2, 0.25) is 0 Å². The fourth-order valence-corrected chi connectivity index (χ4v) is 2.41. The second-order valence-corrected chi connectivity index (χ2v) is 5.03. The maximum absolute atomic E-state index is 2.42. The SMILES string of the molecule is C[CH]C1(C)CCC(CCCC)CC1. The second-order valence-electron chi connectivity index (χ2n) is 5.03. The van der Waals surface area contributed by atoms with E-state index in [1.165, 1.54) is 44.9 Å². The molecule has 1 radical (unpaired) electrons. The summed E-state index contributed by atoms with van der Waals surface area (Å²) >= 11 is 0. The van der Waals surface area contributed by atoms with Crippen molar-refractivity contribution in [2.24, 2.45) is 11.3 Å². The average Bonchev–Trinajstić information content (AvgIpc) is 2.17. The van der Waals surface area contributed by atoms with Crippen LogP contribution in [0.25, 0.3) is 0 Å². The van der Waals surface area contributed by atoms with E-state index in [4.69, 9.17) is 0 Å². The van der Waals surface area contributed by atoms with Gasteiger partial charge in [0.1, 0.15) is 0 Å². The van der Waals surface area contributed by atoms with Crippen molar-refractivity contribution >= 4 is 0 Å². The number of hydrogen-bond acceptors (Lipinski definition) is 0. The Labute approximate surface area is 84.1 Å². The molecule has 0 nitrogen and oxygen atoms in total. The predicted octanol–water partition coefficient (Wildman–Crippen LogP) is 4.60. The zero-order chi connectivity index (χ0) is 9.73. The van der Waals surface area contributed by atoms with Gasteiger partial charge < -0.3 is 0 Å². The van der Waals surface area contributed by atoms with Gasteiger partial charge in [-0.3, -0.25) is 0 Å². The highest BCUT2D eigenvalue weighted by Crippen LogP contribution is 2.41. The summed E-state index contributed by atoms with van der Waals surface area (Å²) in [5, 5.41) is 0. The Morgan fingerprint density at radius 3 is 2.38 bits per heavy atom. The highest BCUT2D eigenvalue weighted by atomic mass is 14.3. The fourth-order valence-electron chi connectivity index (χ4n) is 2.41. The van der Waals surface area contributed by atoms with E-state index in [1.54, 1.807) is 0 Å². The molecule has 0 heteroatoms. The van der Waals surface area contributed by atoms with Gasteiger partial charge in [-0.1, -0.05) is 40.0 Å². The first kappa shape index (κ1) is 11.1. The maximum atomic E-state index is 2.42. The van der Waals surface area contributed by atoms with Crippen LogP contribution in [0.1, 0.15) is 65.7 Å². The molecule has 1 saturated carbocycles. The van der Waals surface area contributed by atoms with Gasteiger partial charge in [0.25, 0.3) is 0 Å². The molecule has 0 bridgehead atoms. The summed E-state index contributed by atoms with van der Waals surface area (Å²) in [5.41, 5.74) is 0.572. The first-order chi connectivity index (χ1) is 6.20. The molecule has 0 amide bonds. The molecule has 0 spiro atoms. The first-order valence-electron chi connectivity index (χ1n) is 6.00. The summed E-state index contributed by atoms with van der Waals surface area (Å²) in [4.78, 5) is 0. The van der Waals surface area contributed by atoms with E-state index in [0.29, 0.717) is 5.41 Å². The number of rotatable bonds is 4. The van der Waals surface area contributed by atoms with Crippen LogP contribution in [0.4, 0.5) is 0 Å². The van der Waals surface area contributed by atoms with Crippen molar-refractivity contribution in [1.82, 2.24) is 0 Å². The van der Waals surface area contributed by atoms with Gasteiger partial charge in [-0.15, -0.1) is 0 Å². The maximum Gasteiger partial charge on any atom is -0.0297 e. The minimum absolute atomic E-state index is 0.572. The van der Waals surface area contributed by atoms with E-state index in [9.17, 15) is 0 Å². The van der Waals surface area contributed by atoms with Crippen molar-refractivity contribution in [1.29, 1.82) is 0 Å². The summed E-state index contributed by atoms with van der Waals surface area (Å²) in [6.07, 6.45) is 12.5. The lowest BCUT2D eigenvalue weighted by atomic mass is 9.69. The topological polar surface area (TPSA) is 0 Å². The first-order valence-corrected chi connectivity index (χ1v) is 6.00. The van der Waals surface area contributed by atoms with Gasteiger partial charge in [0.05, 0.1) is 0 Å². The van der Waals surface area contributed by atoms with E-state index in [-0.39, 0.29) is 0 Å². The number of unbranched alkanes of at least 4 members (excludes halogenated alkanes) is 1. The molecule has 0 N–H and O–H groups in total. The summed E-state index contributed by atoms with van der Waals surface area (Å²) in [6.45, 7) is 6.95. The summed E-state index contributed by atoms with van der Waals surface area (Å²) < 4.78 is 0. The minimum Gasteiger partial charge on any atom is -0.0654 e. The molecule has 0 atom stereocenters. The van der Waals surface area contributed by atoms with Gasteiger partial charge in [-0.05, 0) is 43.4 Å². The molecule has 0 heterocycles. The normalized spacial score (nSPS) is 34.8. The summed E-state index contributed by atoms with van der Waals surface area (Å²) in [5.74, 6) is 1.05. The standard InChI is InChI=1S/C13H25/c1-4-6-7-12-8-10-13(3,5-2)11-9-12/h5,12H,4,6-11H2,1-3H3. The molecule has 0 aliphatic heterocycles. The molecule has 0 aromatic rings. The molecular weight excluding hydrogens is 156 g/mol. The largest absolute Gasteiger partial charge is 0.0654 e. The van der Waals surface area contributed by atoms with E-state index < -0.39 is 0 Å². The second kappa shape index (κ2) is 5.02. The molecule has 1 aliphatic rings. The van der Waals surface area contributed by atoms with Crippen LogP contribution in [0, 0.1) is 17.8 Å². The Morgan fingerprint density at radius 2 is 1.92 bits per heavy atom. The van der Waals surface area contributed by atoms with Crippen molar-refractivity contribution in [2.45, 2.75) is 65.7 Å². The molecule has 0 aromatic heterocycles. The summed E-state index contributed by atoms with van der Waals surface area (Å²) in [6, 6.07) is 0. The monoisotopic (exact) mass is 181 g/mol. The molecule has 1 fully saturated rings. The van der Waals surface area contributed by atoms with Gasteiger partial charge in [-0.2, -0.15) is 0 Å². The molecule has 0 saturated heterocycles. The minimum atomic E-state index is 0.572. The lowest BCUT2D eigenvalue weighted by molar-refractivity contribution is 0.196. The van der Waals surface area contributed by atoms with Gasteiger partial charge in [0, 0.05) is 0 Å². The smallest absolute Gasteiger partial charge is 0.0297 e. The highest BCUT2D eigenvalue weighted by Gasteiger charge is 2.28. The molecular formula is C13H25. The van der Waals surface area contributed by atoms with Crippen molar-refractivity contribution in [3.05, 3.63) is 6.42 Å². The molecule has 1 aliphatic carbocycles. The third-order valence-corrected chi connectivity index (χ3v) is 3.91. The van der Waals surface area contributed by atoms with Crippen molar-refractivity contribution in [3.8, 4) is 0 Å². The lowest BCUT2D eigenvalue weighted by Gasteiger charge is -2.36. The Morgan fingerprint density at radius 1 is 1.31 bits per heavy atom. The average molecular weight is 181 g/mol. The molecule has 0 unspecified atom stereocenters. The van der Waals surface area contributed by atoms with E-state index in [0.717, 1.165) is 5.92 Å². The predicted molar refractivity (Wildman–Crippen MR) is 59.6 cm³/mol. The van der Waals surface area contributed by atoms with Crippen molar-refractivity contribution in [2.75, 3.05) is 0 Å². The van der Waals surface area contributed by atoms with Gasteiger partial charge in [0.15, 0.2) is 0 Å². The molecule has 13 heavy (non-hydrogen) atoms. The van der Waals surface area contributed by atoms with E-state index in [2.05, 4.69) is 27.2 Å². The third-order valence-electron chi connectivity index (χ3n) is 3.91. The highest BCUT2D eigenvalue weighted by molar-refractivity contribution is 4.89. The molecule has 1 rings (SSSR count). The Hall–Kier alpha value is 0. The van der Waals surface area contributed by atoms with Gasteiger partial charge in [0.2, 0.25) is 0 Å². The quantitative estimate of drug-likeness (QED) is 0.594. The van der Waals surface area contributed by atoms with Crippen LogP contribution in [-0.4, -0.2) is 0 Å².